The van der Waals surface area contributed by atoms with E-state index in [1.807, 2.05) is 0 Å². The van der Waals surface area contributed by atoms with Crippen LogP contribution in [-0.4, -0.2) is 54.6 Å². The van der Waals surface area contributed by atoms with Crippen LogP contribution >= 0.6 is 0 Å². The molecule has 0 aromatic carbocycles. The lowest BCUT2D eigenvalue weighted by molar-refractivity contribution is -0.0488. The smallest absolute Gasteiger partial charge is 0.280 e. The number of nitrogens with one attached hydrogen (secondary N) is 1. The first-order valence-corrected chi connectivity index (χ1v) is 6.27. The van der Waals surface area contributed by atoms with Gasteiger partial charge in [0.15, 0.2) is 17.4 Å². The fourth-order valence-corrected chi connectivity index (χ4v) is 2.44. The number of hydrogen-bond donors (Lipinski definition) is 4. The van der Waals surface area contributed by atoms with Gasteiger partial charge in [-0.2, -0.15) is 4.98 Å². The Bertz CT molecular complexity index is 809. The first kappa shape index (κ1) is 14.3. The Morgan fingerprint density at radius 3 is 3.09 bits per heavy atom. The van der Waals surface area contributed by atoms with Crippen LogP contribution in [0.5, 0.6) is 0 Å². The molecule has 0 spiro atoms. The number of azide groups is 1. The Labute approximate surface area is 121 Å². The molecule has 0 bridgehead atoms. The fourth-order valence-electron chi connectivity index (χ4n) is 2.44. The number of ether oxygens (including phenoxy) is 1. The Balaban J connectivity index is 2.08. The summed E-state index contributed by atoms with van der Waals surface area (Å²) in [4.78, 5) is 24.5. The standard InChI is InChI=1S/C10H12N8O4/c11-10-14-7-5(8(21)15-10)13-2-18(7)9-6(20)4(16-17-12)3(1-19)22-9/h2-4,6,9,19-20H,1H2,(H3,11,14,15,21)/t3-,4?,6?,9-/m1/s1. The number of anilines is 1. The number of hydrogen-bond acceptors (Lipinski definition) is 8. The maximum absolute atomic E-state index is 11.7. The number of imidazole rings is 1. The topological polar surface area (TPSA) is 188 Å². The van der Waals surface area contributed by atoms with E-state index in [0.717, 1.165) is 0 Å². The van der Waals surface area contributed by atoms with Crippen LogP contribution in [0.15, 0.2) is 16.2 Å². The van der Waals surface area contributed by atoms with Crippen molar-refractivity contribution in [3.63, 3.8) is 0 Å². The number of rotatable bonds is 3. The molecule has 12 heteroatoms. The van der Waals surface area contributed by atoms with Crippen LogP contribution in [0.1, 0.15) is 6.23 Å². The van der Waals surface area contributed by atoms with Crippen molar-refractivity contribution in [3.05, 3.63) is 27.1 Å². The summed E-state index contributed by atoms with van der Waals surface area (Å²) >= 11 is 0. The van der Waals surface area contributed by atoms with Crippen molar-refractivity contribution in [2.45, 2.75) is 24.5 Å². The molecule has 0 saturated carbocycles. The fraction of sp³-hybridized carbons (Fsp3) is 0.500. The molecule has 3 rings (SSSR count). The highest BCUT2D eigenvalue weighted by Crippen LogP contribution is 2.32. The molecule has 4 atom stereocenters. The predicted molar refractivity (Wildman–Crippen MR) is 72.5 cm³/mol. The molecule has 1 saturated heterocycles. The number of nitrogens with zero attached hydrogens (tertiary/aromatic N) is 6. The normalized spacial score (nSPS) is 27.9. The summed E-state index contributed by atoms with van der Waals surface area (Å²) in [6.07, 6.45) is -1.89. The number of fused-ring (bicyclic) bond motifs is 1. The van der Waals surface area contributed by atoms with Crippen LogP contribution in [0, 0.1) is 0 Å². The van der Waals surface area contributed by atoms with E-state index in [-0.39, 0.29) is 17.1 Å². The third-order valence-corrected chi connectivity index (χ3v) is 3.43. The lowest BCUT2D eigenvalue weighted by atomic mass is 10.1. The molecule has 1 aliphatic heterocycles. The number of H-pyrrole nitrogens is 1. The number of aromatic nitrogens is 4. The molecule has 2 unspecified atom stereocenters. The molecule has 2 aromatic rings. The van der Waals surface area contributed by atoms with Crippen LogP contribution in [-0.2, 0) is 4.74 Å². The van der Waals surface area contributed by atoms with Crippen LogP contribution in [0.4, 0.5) is 5.95 Å². The Morgan fingerprint density at radius 2 is 2.41 bits per heavy atom. The largest absolute Gasteiger partial charge is 0.394 e. The summed E-state index contributed by atoms with van der Waals surface area (Å²) in [5.41, 5.74) is 13.6. The van der Waals surface area contributed by atoms with Gasteiger partial charge in [0.2, 0.25) is 5.95 Å². The van der Waals surface area contributed by atoms with Gasteiger partial charge in [0.25, 0.3) is 5.56 Å². The van der Waals surface area contributed by atoms with Crippen LogP contribution in [0.2, 0.25) is 0 Å². The van der Waals surface area contributed by atoms with Gasteiger partial charge in [0.1, 0.15) is 6.10 Å². The Kier molecular flexibility index (Phi) is 3.42. The van der Waals surface area contributed by atoms with Crippen molar-refractivity contribution in [2.24, 2.45) is 5.11 Å². The molecule has 3 heterocycles. The van der Waals surface area contributed by atoms with Gasteiger partial charge in [-0.25, -0.2) is 4.98 Å². The van der Waals surface area contributed by atoms with Crippen molar-refractivity contribution < 1.29 is 14.9 Å². The second-order valence-electron chi connectivity index (χ2n) is 4.71. The summed E-state index contributed by atoms with van der Waals surface area (Å²) in [7, 11) is 0. The van der Waals surface area contributed by atoms with Crippen molar-refractivity contribution in [2.75, 3.05) is 12.3 Å². The predicted octanol–water partition coefficient (Wildman–Crippen LogP) is -1.37. The first-order valence-electron chi connectivity index (χ1n) is 6.27. The first-order chi connectivity index (χ1) is 10.6. The number of nitrogen functional groups attached to an aromatic ring is 1. The van der Waals surface area contributed by atoms with E-state index in [1.165, 1.54) is 10.9 Å². The summed E-state index contributed by atoms with van der Waals surface area (Å²) in [5.74, 6) is -0.114. The van der Waals surface area contributed by atoms with Gasteiger partial charge in [0.05, 0.1) is 25.1 Å². The van der Waals surface area contributed by atoms with Crippen LogP contribution < -0.4 is 11.3 Å². The van der Waals surface area contributed by atoms with E-state index in [9.17, 15) is 15.0 Å². The average molecular weight is 308 g/mol. The zero-order valence-electron chi connectivity index (χ0n) is 11.1. The molecule has 1 aliphatic rings. The number of nitrogens with two attached hydrogens (primary N) is 1. The molecule has 12 nitrogen and oxygen atoms in total. The van der Waals surface area contributed by atoms with Crippen molar-refractivity contribution in [1.29, 1.82) is 0 Å². The molecule has 0 aliphatic carbocycles. The Morgan fingerprint density at radius 1 is 1.64 bits per heavy atom. The SMILES string of the molecule is [N-]=[N+]=NC1C(O)[C@H](n2cnc3c(=O)[nH]c(N)nc32)O[C@@H]1CO. The molecule has 0 amide bonds. The maximum Gasteiger partial charge on any atom is 0.280 e. The van der Waals surface area contributed by atoms with E-state index >= 15 is 0 Å². The van der Waals surface area contributed by atoms with Gasteiger partial charge in [-0.05, 0) is 5.53 Å². The number of aromatic amines is 1. The van der Waals surface area contributed by atoms with Gasteiger partial charge in [-0.15, -0.1) is 0 Å². The monoisotopic (exact) mass is 308 g/mol. The maximum atomic E-state index is 11.7. The van der Waals surface area contributed by atoms with E-state index in [4.69, 9.17) is 16.0 Å². The van der Waals surface area contributed by atoms with Crippen molar-refractivity contribution in [3.8, 4) is 0 Å². The molecule has 116 valence electrons. The highest BCUT2D eigenvalue weighted by atomic mass is 16.5. The minimum absolute atomic E-state index is 0.0257. The number of aliphatic hydroxyl groups excluding tert-OH is 2. The molecule has 2 aromatic heterocycles. The molecule has 5 N–H and O–H groups in total. The molecular weight excluding hydrogens is 296 g/mol. The summed E-state index contributed by atoms with van der Waals surface area (Å²) in [6.45, 7) is -0.444. The van der Waals surface area contributed by atoms with Gasteiger partial charge in [0, 0.05) is 4.91 Å². The molecule has 1 fully saturated rings. The van der Waals surface area contributed by atoms with Crippen molar-refractivity contribution >= 4 is 17.1 Å². The summed E-state index contributed by atoms with van der Waals surface area (Å²) < 4.78 is 6.79. The zero-order valence-corrected chi connectivity index (χ0v) is 11.1. The zero-order chi connectivity index (χ0) is 15.9. The quantitative estimate of drug-likeness (QED) is 0.305. The third kappa shape index (κ3) is 2.07. The van der Waals surface area contributed by atoms with Gasteiger partial charge in [-0.3, -0.25) is 14.3 Å². The second-order valence-corrected chi connectivity index (χ2v) is 4.71. The van der Waals surface area contributed by atoms with Gasteiger partial charge in [-0.1, -0.05) is 5.11 Å². The lowest BCUT2D eigenvalue weighted by Gasteiger charge is -2.16. The number of aliphatic hydroxyl groups is 2. The van der Waals surface area contributed by atoms with E-state index in [0.29, 0.717) is 0 Å². The summed E-state index contributed by atoms with van der Waals surface area (Å²) in [5, 5.41) is 23.0. The van der Waals surface area contributed by atoms with E-state index < -0.39 is 36.6 Å². The van der Waals surface area contributed by atoms with E-state index in [1.54, 1.807) is 0 Å². The highest BCUT2D eigenvalue weighted by Gasteiger charge is 2.44. The third-order valence-electron chi connectivity index (χ3n) is 3.43. The van der Waals surface area contributed by atoms with E-state index in [2.05, 4.69) is 25.0 Å². The highest BCUT2D eigenvalue weighted by molar-refractivity contribution is 5.70. The minimum Gasteiger partial charge on any atom is -0.394 e. The summed E-state index contributed by atoms with van der Waals surface area (Å²) in [6, 6.07) is -0.975. The van der Waals surface area contributed by atoms with Crippen molar-refractivity contribution in [1.82, 2.24) is 19.5 Å². The average Bonchev–Trinajstić information content (AvgIpc) is 3.02. The molecular formula is C10H12N8O4. The Hall–Kier alpha value is -2.66. The van der Waals surface area contributed by atoms with Crippen LogP contribution in [0.25, 0.3) is 21.6 Å². The van der Waals surface area contributed by atoms with Gasteiger partial charge < -0.3 is 20.7 Å². The van der Waals surface area contributed by atoms with Gasteiger partial charge >= 0.3 is 0 Å². The van der Waals surface area contributed by atoms with Crippen LogP contribution in [0.3, 0.4) is 0 Å². The molecule has 22 heavy (non-hydrogen) atoms. The second kappa shape index (κ2) is 5.27. The molecule has 0 radical (unpaired) electrons. The minimum atomic E-state index is -1.24. The lowest BCUT2D eigenvalue weighted by Crippen LogP contribution is -2.31.